The third kappa shape index (κ3) is 5.99. The number of nitrogens with zero attached hydrogens (tertiary/aromatic N) is 1. The van der Waals surface area contributed by atoms with Crippen molar-refractivity contribution in [3.8, 4) is 0 Å². The van der Waals surface area contributed by atoms with Crippen LogP contribution in [0.4, 0.5) is 5.69 Å². The van der Waals surface area contributed by atoms with Crippen LogP contribution in [0.3, 0.4) is 0 Å². The van der Waals surface area contributed by atoms with Crippen molar-refractivity contribution in [1.82, 2.24) is 10.3 Å². The molecule has 0 atom stereocenters. The third-order valence-electron chi connectivity index (χ3n) is 4.73. The Bertz CT molecular complexity index is 1150. The number of anilines is 1. The zero-order valence-electron chi connectivity index (χ0n) is 17.3. The minimum atomic E-state index is -0.664. The highest BCUT2D eigenvalue weighted by Gasteiger charge is 2.10. The van der Waals surface area contributed by atoms with Gasteiger partial charge in [0.2, 0.25) is 5.91 Å². The molecule has 0 radical (unpaired) electrons. The monoisotopic (exact) mass is 417 g/mol. The molecule has 0 unspecified atom stereocenters. The van der Waals surface area contributed by atoms with Crippen LogP contribution in [0, 0.1) is 13.8 Å². The molecule has 0 bridgehead atoms. The van der Waals surface area contributed by atoms with Crippen LogP contribution in [0.5, 0.6) is 0 Å². The van der Waals surface area contributed by atoms with Gasteiger partial charge in [0.15, 0.2) is 6.61 Å². The van der Waals surface area contributed by atoms with Crippen molar-refractivity contribution in [3.63, 3.8) is 0 Å². The molecule has 7 heteroatoms. The minimum absolute atomic E-state index is 0.221. The van der Waals surface area contributed by atoms with Crippen LogP contribution < -0.4 is 10.6 Å². The smallest absolute Gasteiger partial charge is 0.331 e. The number of aromatic nitrogens is 1. The normalized spacial score (nSPS) is 10.8. The van der Waals surface area contributed by atoms with Crippen molar-refractivity contribution in [2.75, 3.05) is 18.5 Å². The van der Waals surface area contributed by atoms with E-state index in [9.17, 15) is 14.4 Å². The number of rotatable bonds is 7. The van der Waals surface area contributed by atoms with Crippen LogP contribution in [0.2, 0.25) is 0 Å². The molecular weight excluding hydrogens is 394 g/mol. The van der Waals surface area contributed by atoms with E-state index >= 15 is 0 Å². The molecule has 2 N–H and O–H groups in total. The number of ether oxygens (including phenoxy) is 1. The second kappa shape index (κ2) is 10.2. The number of hydrogen-bond acceptors (Lipinski definition) is 5. The molecule has 2 aromatic carbocycles. The Morgan fingerprint density at radius 3 is 2.61 bits per heavy atom. The van der Waals surface area contributed by atoms with Gasteiger partial charge in [-0.2, -0.15) is 0 Å². The van der Waals surface area contributed by atoms with E-state index in [-0.39, 0.29) is 12.5 Å². The molecule has 0 aliphatic heterocycles. The van der Waals surface area contributed by atoms with Crippen molar-refractivity contribution in [2.45, 2.75) is 13.8 Å². The molecule has 2 amide bonds. The first-order chi connectivity index (χ1) is 14.9. The molecule has 7 nitrogen and oxygen atoms in total. The summed E-state index contributed by atoms with van der Waals surface area (Å²) in [4.78, 5) is 40.1. The van der Waals surface area contributed by atoms with Crippen molar-refractivity contribution < 1.29 is 19.1 Å². The number of pyridine rings is 1. The van der Waals surface area contributed by atoms with Gasteiger partial charge in [0, 0.05) is 28.9 Å². The number of esters is 1. The average molecular weight is 417 g/mol. The van der Waals surface area contributed by atoms with E-state index < -0.39 is 18.5 Å². The van der Waals surface area contributed by atoms with Crippen molar-refractivity contribution in [2.24, 2.45) is 0 Å². The second-order valence-corrected chi connectivity index (χ2v) is 6.94. The minimum Gasteiger partial charge on any atom is -0.452 e. The van der Waals surface area contributed by atoms with Gasteiger partial charge in [0.05, 0.1) is 12.1 Å². The summed E-state index contributed by atoms with van der Waals surface area (Å²) in [5.74, 6) is -1.59. The number of fused-ring (bicyclic) bond motifs is 1. The summed E-state index contributed by atoms with van der Waals surface area (Å²) in [6, 6.07) is 15.0. The van der Waals surface area contributed by atoms with E-state index in [2.05, 4.69) is 15.6 Å². The molecule has 3 aromatic rings. The zero-order chi connectivity index (χ0) is 22.2. The van der Waals surface area contributed by atoms with E-state index in [0.29, 0.717) is 5.69 Å². The quantitative estimate of drug-likeness (QED) is 0.455. The fourth-order valence-electron chi connectivity index (χ4n) is 2.92. The van der Waals surface area contributed by atoms with Gasteiger partial charge in [-0.25, -0.2) is 4.79 Å². The number of nitrogens with one attached hydrogen (secondary N) is 2. The van der Waals surface area contributed by atoms with E-state index in [1.54, 1.807) is 18.3 Å². The second-order valence-electron chi connectivity index (χ2n) is 6.94. The van der Waals surface area contributed by atoms with Gasteiger partial charge in [-0.15, -0.1) is 0 Å². The Balaban J connectivity index is 1.45. The van der Waals surface area contributed by atoms with Gasteiger partial charge < -0.3 is 15.4 Å². The maximum absolute atomic E-state index is 12.0. The summed E-state index contributed by atoms with van der Waals surface area (Å²) in [6.45, 7) is 3.16. The largest absolute Gasteiger partial charge is 0.452 e. The first-order valence-corrected chi connectivity index (χ1v) is 9.75. The van der Waals surface area contributed by atoms with Crippen LogP contribution in [-0.2, 0) is 19.1 Å². The first kappa shape index (κ1) is 21.7. The van der Waals surface area contributed by atoms with Gasteiger partial charge in [-0.05, 0) is 43.2 Å². The number of aryl methyl sites for hydroxylation is 1. The zero-order valence-corrected chi connectivity index (χ0v) is 17.3. The summed E-state index contributed by atoms with van der Waals surface area (Å²) in [5.41, 5.74) is 4.24. The number of para-hydroxylation sites is 1. The van der Waals surface area contributed by atoms with Gasteiger partial charge in [-0.1, -0.05) is 36.4 Å². The number of amides is 2. The maximum Gasteiger partial charge on any atom is 0.331 e. The lowest BCUT2D eigenvalue weighted by Gasteiger charge is -2.11. The van der Waals surface area contributed by atoms with Gasteiger partial charge in [0.1, 0.15) is 0 Å². The van der Waals surface area contributed by atoms with Crippen LogP contribution in [0.25, 0.3) is 17.0 Å². The SMILES string of the molecule is Cc1cccc(NC(=O)CNC(=O)COC(=O)/C=C/c2cccc3cccnc23)c1C. The molecule has 3 rings (SSSR count). The Morgan fingerprint density at radius 1 is 1.00 bits per heavy atom. The van der Waals surface area contributed by atoms with Crippen LogP contribution in [0.1, 0.15) is 16.7 Å². The van der Waals surface area contributed by atoms with Crippen molar-refractivity contribution >= 4 is 40.4 Å². The van der Waals surface area contributed by atoms with Gasteiger partial charge >= 0.3 is 5.97 Å². The Morgan fingerprint density at radius 2 is 1.77 bits per heavy atom. The molecule has 0 aliphatic carbocycles. The fourth-order valence-corrected chi connectivity index (χ4v) is 2.92. The predicted octanol–water partition coefficient (Wildman–Crippen LogP) is 3.16. The van der Waals surface area contributed by atoms with Crippen molar-refractivity contribution in [3.05, 3.63) is 77.5 Å². The molecule has 158 valence electrons. The highest BCUT2D eigenvalue weighted by Crippen LogP contribution is 2.18. The highest BCUT2D eigenvalue weighted by molar-refractivity contribution is 5.96. The lowest BCUT2D eigenvalue weighted by Crippen LogP contribution is -2.35. The number of benzene rings is 2. The summed E-state index contributed by atoms with van der Waals surface area (Å²) in [7, 11) is 0. The molecule has 0 saturated heterocycles. The summed E-state index contributed by atoms with van der Waals surface area (Å²) < 4.78 is 4.93. The summed E-state index contributed by atoms with van der Waals surface area (Å²) >= 11 is 0. The van der Waals surface area contributed by atoms with Crippen LogP contribution in [-0.4, -0.2) is 35.9 Å². The van der Waals surface area contributed by atoms with Crippen LogP contribution >= 0.6 is 0 Å². The Hall–Kier alpha value is -4.00. The van der Waals surface area contributed by atoms with E-state index in [0.717, 1.165) is 27.6 Å². The number of carbonyl (C=O) groups excluding carboxylic acids is 3. The molecule has 0 fully saturated rings. The van der Waals surface area contributed by atoms with Crippen molar-refractivity contribution in [1.29, 1.82) is 0 Å². The van der Waals surface area contributed by atoms with E-state index in [1.165, 1.54) is 6.08 Å². The third-order valence-corrected chi connectivity index (χ3v) is 4.73. The molecule has 0 aliphatic rings. The van der Waals surface area contributed by atoms with Gasteiger partial charge in [0.25, 0.3) is 5.91 Å². The summed E-state index contributed by atoms with van der Waals surface area (Å²) in [5, 5.41) is 6.13. The molecule has 1 aromatic heterocycles. The predicted molar refractivity (Wildman–Crippen MR) is 119 cm³/mol. The lowest BCUT2D eigenvalue weighted by atomic mass is 10.1. The number of hydrogen-bond donors (Lipinski definition) is 2. The first-order valence-electron chi connectivity index (χ1n) is 9.75. The van der Waals surface area contributed by atoms with Gasteiger partial charge in [-0.3, -0.25) is 14.6 Å². The number of carbonyl (C=O) groups is 3. The highest BCUT2D eigenvalue weighted by atomic mass is 16.5. The van der Waals surface area contributed by atoms with E-state index in [4.69, 9.17) is 4.74 Å². The Kier molecular flexibility index (Phi) is 7.11. The molecule has 31 heavy (non-hydrogen) atoms. The topological polar surface area (TPSA) is 97.4 Å². The molecular formula is C24H23N3O4. The molecule has 0 saturated carbocycles. The lowest BCUT2D eigenvalue weighted by molar-refractivity contribution is -0.143. The standard InChI is InChI=1S/C24H23N3O4/c1-16-6-3-10-20(17(16)2)27-21(28)14-26-22(29)15-31-23(30)12-11-19-8-4-7-18-9-5-13-25-24(18)19/h3-13H,14-15H2,1-2H3,(H,26,29)(H,27,28)/b12-11+. The fraction of sp³-hybridized carbons (Fsp3) is 0.167. The molecule has 1 heterocycles. The maximum atomic E-state index is 12.0. The Labute approximate surface area is 180 Å². The molecule has 0 spiro atoms. The van der Waals surface area contributed by atoms with E-state index in [1.807, 2.05) is 56.3 Å². The summed E-state index contributed by atoms with van der Waals surface area (Å²) in [6.07, 6.45) is 4.51. The van der Waals surface area contributed by atoms with Crippen LogP contribution in [0.15, 0.2) is 60.8 Å². The average Bonchev–Trinajstić information content (AvgIpc) is 2.78.